The Morgan fingerprint density at radius 2 is 2.17 bits per heavy atom. The van der Waals surface area contributed by atoms with E-state index in [1.54, 1.807) is 6.92 Å². The number of ether oxygens (including phenoxy) is 2. The predicted octanol–water partition coefficient (Wildman–Crippen LogP) is 3.44. The summed E-state index contributed by atoms with van der Waals surface area (Å²) in [7, 11) is 0. The van der Waals surface area contributed by atoms with Crippen LogP contribution >= 0.6 is 15.9 Å². The predicted molar refractivity (Wildman–Crippen MR) is 92.5 cm³/mol. The van der Waals surface area contributed by atoms with Gasteiger partial charge in [-0.3, -0.25) is 0 Å². The van der Waals surface area contributed by atoms with E-state index in [1.165, 1.54) is 0 Å². The molecule has 126 valence electrons. The van der Waals surface area contributed by atoms with Gasteiger partial charge in [0.05, 0.1) is 17.6 Å². The summed E-state index contributed by atoms with van der Waals surface area (Å²) in [6.45, 7) is 5.94. The van der Waals surface area contributed by atoms with E-state index in [1.807, 2.05) is 25.1 Å². The molecular weight excluding hydrogens is 360 g/mol. The molecule has 1 fully saturated rings. The minimum Gasteiger partial charge on any atom is -0.381 e. The van der Waals surface area contributed by atoms with Gasteiger partial charge < -0.3 is 19.1 Å². The first kappa shape index (κ1) is 16.9. The average molecular weight is 383 g/mol. The molecule has 5 nitrogen and oxygen atoms in total. The standard InChI is InChI=1S/C17H23BrN2O3/c1-3-23-17(2,21)11-20-15-10-13(18)4-5-14(15)19-16(20)12-6-8-22-9-7-12/h4-5,10,12,21H,3,6-9,11H2,1-2H3/t17-/m1/s1. The fraction of sp³-hybridized carbons (Fsp3) is 0.588. The highest BCUT2D eigenvalue weighted by molar-refractivity contribution is 9.10. The molecule has 1 saturated heterocycles. The Balaban J connectivity index is 2.05. The molecule has 3 rings (SSSR count). The van der Waals surface area contributed by atoms with Crippen molar-refractivity contribution in [2.75, 3.05) is 19.8 Å². The van der Waals surface area contributed by atoms with Crippen molar-refractivity contribution >= 4 is 27.0 Å². The van der Waals surface area contributed by atoms with E-state index in [9.17, 15) is 5.11 Å². The average Bonchev–Trinajstić information content (AvgIpc) is 2.85. The van der Waals surface area contributed by atoms with Gasteiger partial charge in [0.25, 0.3) is 0 Å². The largest absolute Gasteiger partial charge is 0.381 e. The van der Waals surface area contributed by atoms with Crippen LogP contribution in [0.2, 0.25) is 0 Å². The number of hydrogen-bond acceptors (Lipinski definition) is 4. The van der Waals surface area contributed by atoms with Gasteiger partial charge in [-0.25, -0.2) is 4.98 Å². The molecule has 1 aromatic carbocycles. The second-order valence-electron chi connectivity index (χ2n) is 6.18. The summed E-state index contributed by atoms with van der Waals surface area (Å²) in [6, 6.07) is 6.05. The van der Waals surface area contributed by atoms with Gasteiger partial charge in [-0.05, 0) is 44.9 Å². The van der Waals surface area contributed by atoms with E-state index in [0.29, 0.717) is 19.1 Å². The van der Waals surface area contributed by atoms with Crippen LogP contribution in [0.5, 0.6) is 0 Å². The second-order valence-corrected chi connectivity index (χ2v) is 7.10. The number of fused-ring (bicyclic) bond motifs is 1. The Bertz CT molecular complexity index is 678. The molecular formula is C17H23BrN2O3. The van der Waals surface area contributed by atoms with Gasteiger partial charge in [-0.1, -0.05) is 15.9 Å². The molecule has 0 saturated carbocycles. The summed E-state index contributed by atoms with van der Waals surface area (Å²) in [4.78, 5) is 4.84. The fourth-order valence-corrected chi connectivity index (χ4v) is 3.55. The lowest BCUT2D eigenvalue weighted by atomic mass is 9.99. The lowest BCUT2D eigenvalue weighted by Gasteiger charge is -2.27. The molecule has 2 aromatic rings. The van der Waals surface area contributed by atoms with Crippen molar-refractivity contribution in [1.29, 1.82) is 0 Å². The van der Waals surface area contributed by atoms with Gasteiger partial charge in [0.2, 0.25) is 0 Å². The molecule has 1 aromatic heterocycles. The Kier molecular flexibility index (Phi) is 5.06. The van der Waals surface area contributed by atoms with Gasteiger partial charge in [-0.2, -0.15) is 0 Å². The Hall–Kier alpha value is -0.950. The van der Waals surface area contributed by atoms with E-state index in [4.69, 9.17) is 14.5 Å². The summed E-state index contributed by atoms with van der Waals surface area (Å²) in [5.74, 6) is 0.152. The van der Waals surface area contributed by atoms with Crippen molar-refractivity contribution in [3.63, 3.8) is 0 Å². The first-order chi connectivity index (χ1) is 11.0. The Morgan fingerprint density at radius 3 is 2.87 bits per heavy atom. The molecule has 0 bridgehead atoms. The number of rotatable bonds is 5. The summed E-state index contributed by atoms with van der Waals surface area (Å²) in [5, 5.41) is 10.5. The van der Waals surface area contributed by atoms with Gasteiger partial charge in [0, 0.05) is 30.2 Å². The maximum atomic E-state index is 10.5. The smallest absolute Gasteiger partial charge is 0.180 e. The van der Waals surface area contributed by atoms with Gasteiger partial charge in [0.15, 0.2) is 5.79 Å². The molecule has 1 aliphatic heterocycles. The van der Waals surface area contributed by atoms with Crippen molar-refractivity contribution in [3.8, 4) is 0 Å². The van der Waals surface area contributed by atoms with E-state index in [0.717, 1.165) is 47.4 Å². The van der Waals surface area contributed by atoms with Crippen molar-refractivity contribution in [2.45, 2.75) is 44.9 Å². The van der Waals surface area contributed by atoms with E-state index in [2.05, 4.69) is 20.5 Å². The van der Waals surface area contributed by atoms with Crippen LogP contribution in [0.15, 0.2) is 22.7 Å². The maximum Gasteiger partial charge on any atom is 0.180 e. The van der Waals surface area contributed by atoms with E-state index >= 15 is 0 Å². The maximum absolute atomic E-state index is 10.5. The third-order valence-electron chi connectivity index (χ3n) is 4.23. The summed E-state index contributed by atoms with van der Waals surface area (Å²) >= 11 is 3.53. The molecule has 23 heavy (non-hydrogen) atoms. The molecule has 0 unspecified atom stereocenters. The number of aromatic nitrogens is 2. The van der Waals surface area contributed by atoms with Crippen LogP contribution in [-0.2, 0) is 16.0 Å². The number of nitrogens with zero attached hydrogens (tertiary/aromatic N) is 2. The van der Waals surface area contributed by atoms with Crippen molar-refractivity contribution < 1.29 is 14.6 Å². The highest BCUT2D eigenvalue weighted by Gasteiger charge is 2.28. The molecule has 0 aliphatic carbocycles. The topological polar surface area (TPSA) is 56.5 Å². The van der Waals surface area contributed by atoms with Gasteiger partial charge >= 0.3 is 0 Å². The SMILES string of the molecule is CCO[C@@](C)(O)Cn1c(C2CCOCC2)nc2ccc(Br)cc21. The Morgan fingerprint density at radius 1 is 1.43 bits per heavy atom. The molecule has 1 N–H and O–H groups in total. The zero-order valence-corrected chi connectivity index (χ0v) is 15.2. The molecule has 2 heterocycles. The van der Waals surface area contributed by atoms with Crippen LogP contribution in [0.1, 0.15) is 38.4 Å². The quantitative estimate of drug-likeness (QED) is 0.804. The minimum atomic E-state index is -1.22. The molecule has 1 aliphatic rings. The molecule has 0 amide bonds. The van der Waals surface area contributed by atoms with Gasteiger partial charge in [0.1, 0.15) is 5.82 Å². The van der Waals surface area contributed by atoms with Crippen LogP contribution in [0, 0.1) is 0 Å². The highest BCUT2D eigenvalue weighted by Crippen LogP contribution is 2.31. The summed E-state index contributed by atoms with van der Waals surface area (Å²) in [6.07, 6.45) is 1.92. The minimum absolute atomic E-state index is 0.354. The van der Waals surface area contributed by atoms with Crippen LogP contribution in [0.3, 0.4) is 0 Å². The molecule has 6 heteroatoms. The fourth-order valence-electron chi connectivity index (χ4n) is 3.20. The highest BCUT2D eigenvalue weighted by atomic mass is 79.9. The van der Waals surface area contributed by atoms with Crippen molar-refractivity contribution in [1.82, 2.24) is 9.55 Å². The zero-order valence-electron chi connectivity index (χ0n) is 13.6. The van der Waals surface area contributed by atoms with Crippen molar-refractivity contribution in [3.05, 3.63) is 28.5 Å². The number of aliphatic hydroxyl groups is 1. The van der Waals surface area contributed by atoms with Crippen LogP contribution < -0.4 is 0 Å². The number of halogens is 1. The second kappa shape index (κ2) is 6.89. The lowest BCUT2D eigenvalue weighted by Crippen LogP contribution is -2.35. The Labute approximate surface area is 144 Å². The van der Waals surface area contributed by atoms with Crippen LogP contribution in [0.4, 0.5) is 0 Å². The third kappa shape index (κ3) is 3.76. The lowest BCUT2D eigenvalue weighted by molar-refractivity contribution is -0.195. The third-order valence-corrected chi connectivity index (χ3v) is 4.73. The normalized spacial score (nSPS) is 19.1. The monoisotopic (exact) mass is 382 g/mol. The van der Waals surface area contributed by atoms with E-state index < -0.39 is 5.79 Å². The number of benzene rings is 1. The molecule has 1 atom stereocenters. The summed E-state index contributed by atoms with van der Waals surface area (Å²) in [5.41, 5.74) is 1.96. The van der Waals surface area contributed by atoms with Crippen LogP contribution in [0.25, 0.3) is 11.0 Å². The van der Waals surface area contributed by atoms with Crippen molar-refractivity contribution in [2.24, 2.45) is 0 Å². The molecule has 0 radical (unpaired) electrons. The van der Waals surface area contributed by atoms with Gasteiger partial charge in [-0.15, -0.1) is 0 Å². The number of hydrogen-bond donors (Lipinski definition) is 1. The first-order valence-corrected chi connectivity index (χ1v) is 8.89. The zero-order chi connectivity index (χ0) is 16.4. The van der Waals surface area contributed by atoms with Crippen LogP contribution in [-0.4, -0.2) is 40.3 Å². The van der Waals surface area contributed by atoms with E-state index in [-0.39, 0.29) is 0 Å². The number of imidazole rings is 1. The summed E-state index contributed by atoms with van der Waals surface area (Å²) < 4.78 is 14.1. The first-order valence-electron chi connectivity index (χ1n) is 8.10. The molecule has 0 spiro atoms.